The third-order valence-corrected chi connectivity index (χ3v) is 4.31. The molecule has 1 heterocycles. The van der Waals surface area contributed by atoms with E-state index in [1.54, 1.807) is 7.11 Å². The van der Waals surface area contributed by atoms with E-state index in [1.807, 2.05) is 18.3 Å². The number of methoxy groups -OCH3 is 1. The van der Waals surface area contributed by atoms with Gasteiger partial charge in [-0.2, -0.15) is 0 Å². The molecular formula is C16H20N2O. The van der Waals surface area contributed by atoms with Crippen LogP contribution in [-0.4, -0.2) is 18.6 Å². The fourth-order valence-electron chi connectivity index (χ4n) is 2.53. The van der Waals surface area contributed by atoms with Gasteiger partial charge in [0.15, 0.2) is 0 Å². The van der Waals surface area contributed by atoms with Gasteiger partial charge < -0.3 is 10.1 Å². The van der Waals surface area contributed by atoms with Gasteiger partial charge in [-0.15, -0.1) is 0 Å². The Hall–Kier alpha value is -1.77. The van der Waals surface area contributed by atoms with Crippen molar-refractivity contribution in [3.05, 3.63) is 30.5 Å². The quantitative estimate of drug-likeness (QED) is 0.882. The number of nitrogens with zero attached hydrogens (tertiary/aromatic N) is 1. The Morgan fingerprint density at radius 1 is 1.32 bits per heavy atom. The molecule has 0 aliphatic heterocycles. The molecule has 0 atom stereocenters. The molecule has 3 heteroatoms. The van der Waals surface area contributed by atoms with Crippen LogP contribution in [0.2, 0.25) is 0 Å². The van der Waals surface area contributed by atoms with Gasteiger partial charge in [-0.1, -0.05) is 6.92 Å². The molecule has 3 nitrogen and oxygen atoms in total. The van der Waals surface area contributed by atoms with Gasteiger partial charge in [0, 0.05) is 18.1 Å². The topological polar surface area (TPSA) is 34.2 Å². The molecule has 1 aromatic heterocycles. The Bertz CT molecular complexity index is 590. The average molecular weight is 256 g/mol. The highest BCUT2D eigenvalue weighted by molar-refractivity contribution is 5.92. The highest BCUT2D eigenvalue weighted by Gasteiger charge is 2.40. The summed E-state index contributed by atoms with van der Waals surface area (Å²) in [4.78, 5) is 4.48. The Labute approximate surface area is 114 Å². The second-order valence-corrected chi connectivity index (χ2v) is 5.45. The number of ether oxygens (including phenoxy) is 1. The summed E-state index contributed by atoms with van der Waals surface area (Å²) in [7, 11) is 1.69. The molecule has 1 aliphatic rings. The van der Waals surface area contributed by atoms with E-state index in [0.29, 0.717) is 5.41 Å². The minimum Gasteiger partial charge on any atom is -0.497 e. The SMILES string of the molecule is CCC1(CNc2nccc3cc(OC)ccc23)CC1. The Balaban J connectivity index is 1.86. The molecule has 0 spiro atoms. The van der Waals surface area contributed by atoms with E-state index < -0.39 is 0 Å². The predicted molar refractivity (Wildman–Crippen MR) is 78.7 cm³/mol. The van der Waals surface area contributed by atoms with E-state index in [9.17, 15) is 0 Å². The van der Waals surface area contributed by atoms with Crippen molar-refractivity contribution < 1.29 is 4.74 Å². The molecule has 0 radical (unpaired) electrons. The number of pyridine rings is 1. The summed E-state index contributed by atoms with van der Waals surface area (Å²) in [5.74, 6) is 1.87. The zero-order chi connectivity index (χ0) is 13.3. The Kier molecular flexibility index (Phi) is 3.05. The molecule has 19 heavy (non-hydrogen) atoms. The third kappa shape index (κ3) is 2.37. The normalized spacial score (nSPS) is 16.3. The van der Waals surface area contributed by atoms with Crippen molar-refractivity contribution in [1.82, 2.24) is 4.98 Å². The van der Waals surface area contributed by atoms with Crippen LogP contribution in [0, 0.1) is 5.41 Å². The maximum atomic E-state index is 5.26. The lowest BCUT2D eigenvalue weighted by Gasteiger charge is -2.15. The summed E-state index contributed by atoms with van der Waals surface area (Å²) < 4.78 is 5.26. The van der Waals surface area contributed by atoms with Gasteiger partial charge in [-0.3, -0.25) is 0 Å². The third-order valence-electron chi connectivity index (χ3n) is 4.31. The zero-order valence-electron chi connectivity index (χ0n) is 11.6. The number of benzene rings is 1. The molecule has 2 aromatic rings. The van der Waals surface area contributed by atoms with E-state index in [1.165, 1.54) is 19.3 Å². The summed E-state index contributed by atoms with van der Waals surface area (Å²) in [5.41, 5.74) is 0.524. The van der Waals surface area contributed by atoms with Crippen molar-refractivity contribution in [3.8, 4) is 5.75 Å². The van der Waals surface area contributed by atoms with Gasteiger partial charge in [0.25, 0.3) is 0 Å². The van der Waals surface area contributed by atoms with E-state index in [-0.39, 0.29) is 0 Å². The molecule has 100 valence electrons. The number of aromatic nitrogens is 1. The zero-order valence-corrected chi connectivity index (χ0v) is 11.6. The molecule has 0 bridgehead atoms. The minimum atomic E-state index is 0.524. The van der Waals surface area contributed by atoms with Gasteiger partial charge in [0.1, 0.15) is 11.6 Å². The van der Waals surface area contributed by atoms with Gasteiger partial charge in [0.2, 0.25) is 0 Å². The number of rotatable bonds is 5. The molecule has 1 aromatic carbocycles. The van der Waals surface area contributed by atoms with Crippen LogP contribution in [0.15, 0.2) is 30.5 Å². The standard InChI is InChI=1S/C16H20N2O/c1-3-16(7-8-16)11-18-15-14-5-4-13(19-2)10-12(14)6-9-17-15/h4-6,9-10H,3,7-8,11H2,1-2H3,(H,17,18). The first-order valence-electron chi connectivity index (χ1n) is 6.93. The second kappa shape index (κ2) is 4.72. The van der Waals surface area contributed by atoms with E-state index in [0.717, 1.165) is 28.9 Å². The molecule has 0 saturated heterocycles. The highest BCUT2D eigenvalue weighted by atomic mass is 16.5. The number of hydrogen-bond acceptors (Lipinski definition) is 3. The summed E-state index contributed by atoms with van der Waals surface area (Å²) in [6.45, 7) is 3.30. The van der Waals surface area contributed by atoms with E-state index >= 15 is 0 Å². The van der Waals surface area contributed by atoms with Crippen LogP contribution in [0.25, 0.3) is 10.8 Å². The molecule has 1 fully saturated rings. The van der Waals surface area contributed by atoms with E-state index in [4.69, 9.17) is 4.74 Å². The number of anilines is 1. The van der Waals surface area contributed by atoms with Crippen molar-refractivity contribution in [2.75, 3.05) is 19.0 Å². The molecule has 1 aliphatic carbocycles. The molecule has 1 saturated carbocycles. The monoisotopic (exact) mass is 256 g/mol. The van der Waals surface area contributed by atoms with Gasteiger partial charge in [0.05, 0.1) is 7.11 Å². The second-order valence-electron chi connectivity index (χ2n) is 5.45. The highest BCUT2D eigenvalue weighted by Crippen LogP contribution is 2.48. The Morgan fingerprint density at radius 2 is 2.16 bits per heavy atom. The van der Waals surface area contributed by atoms with Crippen LogP contribution in [-0.2, 0) is 0 Å². The predicted octanol–water partition coefficient (Wildman–Crippen LogP) is 3.85. The van der Waals surface area contributed by atoms with Crippen LogP contribution in [0.4, 0.5) is 5.82 Å². The number of hydrogen-bond donors (Lipinski definition) is 1. The Morgan fingerprint density at radius 3 is 2.84 bits per heavy atom. The lowest BCUT2D eigenvalue weighted by Crippen LogP contribution is -2.15. The van der Waals surface area contributed by atoms with Crippen molar-refractivity contribution in [1.29, 1.82) is 0 Å². The average Bonchev–Trinajstić information content (AvgIpc) is 3.25. The minimum absolute atomic E-state index is 0.524. The lowest BCUT2D eigenvalue weighted by molar-refractivity contribution is 0.415. The van der Waals surface area contributed by atoms with Crippen molar-refractivity contribution in [3.63, 3.8) is 0 Å². The number of nitrogens with one attached hydrogen (secondary N) is 1. The van der Waals surface area contributed by atoms with Crippen LogP contribution in [0.5, 0.6) is 5.75 Å². The van der Waals surface area contributed by atoms with Crippen LogP contribution in [0.3, 0.4) is 0 Å². The fraction of sp³-hybridized carbons (Fsp3) is 0.438. The number of fused-ring (bicyclic) bond motifs is 1. The maximum Gasteiger partial charge on any atom is 0.133 e. The maximum absolute atomic E-state index is 5.26. The molecular weight excluding hydrogens is 236 g/mol. The fourth-order valence-corrected chi connectivity index (χ4v) is 2.53. The van der Waals surface area contributed by atoms with Crippen LogP contribution in [0.1, 0.15) is 26.2 Å². The first-order chi connectivity index (χ1) is 9.26. The largest absolute Gasteiger partial charge is 0.497 e. The lowest BCUT2D eigenvalue weighted by atomic mass is 10.0. The first-order valence-corrected chi connectivity index (χ1v) is 6.93. The van der Waals surface area contributed by atoms with Crippen molar-refractivity contribution in [2.24, 2.45) is 5.41 Å². The molecule has 1 N–H and O–H groups in total. The molecule has 0 unspecified atom stereocenters. The summed E-state index contributed by atoms with van der Waals surface area (Å²) in [6.07, 6.45) is 5.79. The molecule has 3 rings (SSSR count). The van der Waals surface area contributed by atoms with Gasteiger partial charge >= 0.3 is 0 Å². The molecule has 0 amide bonds. The van der Waals surface area contributed by atoms with Crippen molar-refractivity contribution in [2.45, 2.75) is 26.2 Å². The summed E-state index contributed by atoms with van der Waals surface area (Å²) in [5, 5.41) is 5.85. The summed E-state index contributed by atoms with van der Waals surface area (Å²) in [6, 6.07) is 8.14. The van der Waals surface area contributed by atoms with Gasteiger partial charge in [-0.25, -0.2) is 4.98 Å². The van der Waals surface area contributed by atoms with E-state index in [2.05, 4.69) is 29.4 Å². The van der Waals surface area contributed by atoms with Crippen LogP contribution >= 0.6 is 0 Å². The summed E-state index contributed by atoms with van der Waals surface area (Å²) >= 11 is 0. The van der Waals surface area contributed by atoms with Crippen LogP contribution < -0.4 is 10.1 Å². The first kappa shape index (κ1) is 12.3. The smallest absolute Gasteiger partial charge is 0.133 e. The van der Waals surface area contributed by atoms with Crippen molar-refractivity contribution >= 4 is 16.6 Å². The van der Waals surface area contributed by atoms with Gasteiger partial charge in [-0.05, 0) is 54.3 Å².